The molecule has 6 nitrogen and oxygen atoms in total. The minimum atomic E-state index is -0.116. The first-order valence-electron chi connectivity index (χ1n) is 8.28. The molecule has 3 aromatic rings. The standard InChI is InChI=1S/C20H16N4O2S/c1-12(25)22-14-6-8-15(9-7-14)23-20-24-19(26)18(27-20)10-13-11-21-17-5-3-2-4-16(13)17/h2-11,26H,1H3,(H,22,25)(H,23,24)/b13-10-. The Morgan fingerprint density at radius 2 is 1.85 bits per heavy atom. The number of aromatic nitrogens is 1. The predicted octanol–water partition coefficient (Wildman–Crippen LogP) is 4.81. The Labute approximate surface area is 159 Å². The number of aromatic hydroxyl groups is 1. The molecule has 2 aromatic carbocycles. The monoisotopic (exact) mass is 376 g/mol. The zero-order valence-corrected chi connectivity index (χ0v) is 15.2. The lowest BCUT2D eigenvalue weighted by molar-refractivity contribution is -0.114. The summed E-state index contributed by atoms with van der Waals surface area (Å²) < 4.78 is 0. The highest BCUT2D eigenvalue weighted by Crippen LogP contribution is 2.37. The molecule has 3 N–H and O–H groups in total. The van der Waals surface area contributed by atoms with E-state index in [1.807, 2.05) is 42.5 Å². The molecule has 0 unspecified atom stereocenters. The quantitative estimate of drug-likeness (QED) is 0.610. The fraction of sp³-hybridized carbons (Fsp3) is 0.0500. The number of carbonyl (C=O) groups excluding carboxylic acids is 1. The number of nitrogens with zero attached hydrogens (tertiary/aromatic N) is 2. The molecular weight excluding hydrogens is 360 g/mol. The summed E-state index contributed by atoms with van der Waals surface area (Å²) in [6.07, 6.45) is 3.67. The maximum atomic E-state index is 11.1. The molecule has 134 valence electrons. The topological polar surface area (TPSA) is 86.6 Å². The second kappa shape index (κ2) is 7.05. The molecule has 2 heterocycles. The second-order valence-corrected chi connectivity index (χ2v) is 7.00. The van der Waals surface area contributed by atoms with Crippen LogP contribution < -0.4 is 10.6 Å². The Bertz CT molecular complexity index is 1070. The van der Waals surface area contributed by atoms with E-state index >= 15 is 0 Å². The van der Waals surface area contributed by atoms with Gasteiger partial charge in [-0.1, -0.05) is 29.5 Å². The molecule has 0 saturated carbocycles. The van der Waals surface area contributed by atoms with Crippen molar-refractivity contribution in [3.63, 3.8) is 0 Å². The normalized spacial score (nSPS) is 13.6. The number of aliphatic imine (C=N–C) groups is 1. The van der Waals surface area contributed by atoms with E-state index in [0.29, 0.717) is 10.0 Å². The highest BCUT2D eigenvalue weighted by Gasteiger charge is 2.14. The summed E-state index contributed by atoms with van der Waals surface area (Å²) in [4.78, 5) is 20.3. The van der Waals surface area contributed by atoms with Gasteiger partial charge in [-0.15, -0.1) is 0 Å². The largest absolute Gasteiger partial charge is 0.492 e. The first kappa shape index (κ1) is 17.0. The van der Waals surface area contributed by atoms with E-state index in [1.54, 1.807) is 18.3 Å². The molecule has 0 spiro atoms. The second-order valence-electron chi connectivity index (χ2n) is 5.97. The summed E-state index contributed by atoms with van der Waals surface area (Å²) in [5.74, 6) is -0.141. The van der Waals surface area contributed by atoms with Crippen LogP contribution in [0.3, 0.4) is 0 Å². The third kappa shape index (κ3) is 3.73. The number of nitrogens with one attached hydrogen (secondary N) is 2. The van der Waals surface area contributed by atoms with Gasteiger partial charge in [0.15, 0.2) is 5.13 Å². The van der Waals surface area contributed by atoms with Crippen LogP contribution >= 0.6 is 11.3 Å². The summed E-state index contributed by atoms with van der Waals surface area (Å²) in [6, 6.07) is 15.1. The van der Waals surface area contributed by atoms with Crippen molar-refractivity contribution in [3.8, 4) is 5.88 Å². The van der Waals surface area contributed by atoms with Crippen molar-refractivity contribution in [3.05, 3.63) is 59.0 Å². The summed E-state index contributed by atoms with van der Waals surface area (Å²) >= 11 is 1.35. The molecule has 27 heavy (non-hydrogen) atoms. The molecule has 4 rings (SSSR count). The molecule has 0 fully saturated rings. The highest BCUT2D eigenvalue weighted by atomic mass is 32.1. The smallest absolute Gasteiger partial charge is 0.231 e. The summed E-state index contributed by atoms with van der Waals surface area (Å²) in [5.41, 5.74) is 4.43. The van der Waals surface area contributed by atoms with E-state index in [-0.39, 0.29) is 11.8 Å². The van der Waals surface area contributed by atoms with E-state index < -0.39 is 0 Å². The van der Waals surface area contributed by atoms with Crippen LogP contribution in [0.2, 0.25) is 0 Å². The Kier molecular flexibility index (Phi) is 4.43. The molecular formula is C20H16N4O2S. The van der Waals surface area contributed by atoms with Crippen molar-refractivity contribution in [2.24, 2.45) is 4.99 Å². The summed E-state index contributed by atoms with van der Waals surface area (Å²) in [7, 11) is 0. The van der Waals surface area contributed by atoms with Crippen molar-refractivity contribution in [1.82, 2.24) is 4.98 Å². The lowest BCUT2D eigenvalue weighted by atomic mass is 10.1. The molecule has 0 aliphatic carbocycles. The van der Waals surface area contributed by atoms with Crippen LogP contribution in [0.4, 0.5) is 22.2 Å². The number of rotatable bonds is 4. The third-order valence-corrected chi connectivity index (χ3v) is 4.84. The number of anilines is 3. The van der Waals surface area contributed by atoms with Crippen molar-refractivity contribution < 1.29 is 9.90 Å². The van der Waals surface area contributed by atoms with Gasteiger partial charge in [-0.25, -0.2) is 0 Å². The van der Waals surface area contributed by atoms with Crippen LogP contribution in [0.1, 0.15) is 17.4 Å². The number of thiazole rings is 1. The van der Waals surface area contributed by atoms with Crippen LogP contribution in [0.5, 0.6) is 5.88 Å². The molecule has 1 amide bonds. The Balaban J connectivity index is 1.53. The maximum absolute atomic E-state index is 11.1. The number of para-hydroxylation sites is 1. The van der Waals surface area contributed by atoms with Gasteiger partial charge in [0.05, 0.1) is 10.6 Å². The average Bonchev–Trinajstić information content (AvgIpc) is 3.20. The third-order valence-electron chi connectivity index (χ3n) is 3.94. The van der Waals surface area contributed by atoms with Gasteiger partial charge < -0.3 is 15.7 Å². The number of amides is 1. The van der Waals surface area contributed by atoms with Gasteiger partial charge in [0.2, 0.25) is 11.8 Å². The first-order chi connectivity index (χ1) is 13.1. The zero-order valence-electron chi connectivity index (χ0n) is 14.4. The number of hydrogen-bond donors (Lipinski definition) is 3. The molecule has 0 radical (unpaired) electrons. The lowest BCUT2D eigenvalue weighted by Gasteiger charge is -2.05. The minimum Gasteiger partial charge on any atom is -0.492 e. The van der Waals surface area contributed by atoms with Crippen molar-refractivity contribution in [2.45, 2.75) is 6.92 Å². The van der Waals surface area contributed by atoms with Crippen molar-refractivity contribution in [1.29, 1.82) is 0 Å². The zero-order chi connectivity index (χ0) is 18.8. The Morgan fingerprint density at radius 1 is 1.11 bits per heavy atom. The predicted molar refractivity (Wildman–Crippen MR) is 110 cm³/mol. The number of carbonyl (C=O) groups is 1. The van der Waals surface area contributed by atoms with E-state index in [2.05, 4.69) is 20.6 Å². The van der Waals surface area contributed by atoms with E-state index in [0.717, 1.165) is 28.2 Å². The fourth-order valence-electron chi connectivity index (χ4n) is 2.73. The molecule has 1 aromatic heterocycles. The lowest BCUT2D eigenvalue weighted by Crippen LogP contribution is -2.05. The average molecular weight is 376 g/mol. The van der Waals surface area contributed by atoms with Crippen LogP contribution in [0, 0.1) is 0 Å². The van der Waals surface area contributed by atoms with Gasteiger partial charge >= 0.3 is 0 Å². The molecule has 0 bridgehead atoms. The van der Waals surface area contributed by atoms with Crippen molar-refractivity contribution in [2.75, 3.05) is 10.6 Å². The van der Waals surface area contributed by atoms with Crippen LogP contribution in [0.25, 0.3) is 11.6 Å². The van der Waals surface area contributed by atoms with E-state index in [9.17, 15) is 9.90 Å². The molecule has 1 aliphatic heterocycles. The van der Waals surface area contributed by atoms with Gasteiger partial charge in [-0.05, 0) is 36.4 Å². The first-order valence-corrected chi connectivity index (χ1v) is 9.10. The molecule has 7 heteroatoms. The van der Waals surface area contributed by atoms with Crippen LogP contribution in [-0.4, -0.2) is 22.2 Å². The highest BCUT2D eigenvalue weighted by molar-refractivity contribution is 7.16. The summed E-state index contributed by atoms with van der Waals surface area (Å²) in [6.45, 7) is 1.47. The van der Waals surface area contributed by atoms with Crippen LogP contribution in [0.15, 0.2) is 53.5 Å². The van der Waals surface area contributed by atoms with Gasteiger partial charge in [-0.3, -0.25) is 9.79 Å². The number of benzene rings is 2. The van der Waals surface area contributed by atoms with E-state index in [1.165, 1.54) is 18.3 Å². The van der Waals surface area contributed by atoms with Crippen molar-refractivity contribution >= 4 is 57.3 Å². The molecule has 1 aliphatic rings. The summed E-state index contributed by atoms with van der Waals surface area (Å²) in [5, 5.41) is 16.6. The van der Waals surface area contributed by atoms with Gasteiger partial charge in [0, 0.05) is 35.6 Å². The number of hydrogen-bond acceptors (Lipinski definition) is 6. The molecule has 0 saturated heterocycles. The SMILES string of the molecule is CC(=O)Nc1ccc(Nc2nc(O)c(/C=C3/C=Nc4ccccc43)s2)cc1. The fourth-order valence-corrected chi connectivity index (χ4v) is 3.56. The van der Waals surface area contributed by atoms with Gasteiger partial charge in [-0.2, -0.15) is 4.98 Å². The van der Waals surface area contributed by atoms with Gasteiger partial charge in [0.25, 0.3) is 0 Å². The molecule has 0 atom stereocenters. The Hall–Kier alpha value is -3.45. The van der Waals surface area contributed by atoms with Gasteiger partial charge in [0.1, 0.15) is 0 Å². The van der Waals surface area contributed by atoms with E-state index in [4.69, 9.17) is 0 Å². The number of allylic oxidation sites excluding steroid dienone is 1. The maximum Gasteiger partial charge on any atom is 0.231 e. The Morgan fingerprint density at radius 3 is 2.63 bits per heavy atom. The minimum absolute atomic E-state index is 0.0253. The van der Waals surface area contributed by atoms with Crippen LogP contribution in [-0.2, 0) is 4.79 Å². The number of fused-ring (bicyclic) bond motifs is 1.